The SMILES string of the molecule is Cc1ccc(O)cc1-c1cccc(CO)c1. The van der Waals surface area contributed by atoms with Crippen molar-refractivity contribution in [1.82, 2.24) is 0 Å². The number of benzene rings is 2. The van der Waals surface area contributed by atoms with Gasteiger partial charge in [-0.3, -0.25) is 0 Å². The summed E-state index contributed by atoms with van der Waals surface area (Å²) >= 11 is 0. The largest absolute Gasteiger partial charge is 0.508 e. The Morgan fingerprint density at radius 2 is 1.88 bits per heavy atom. The first-order valence-electron chi connectivity index (χ1n) is 5.20. The highest BCUT2D eigenvalue weighted by molar-refractivity contribution is 5.69. The number of hydrogen-bond acceptors (Lipinski definition) is 2. The van der Waals surface area contributed by atoms with Crippen molar-refractivity contribution in [2.75, 3.05) is 0 Å². The Morgan fingerprint density at radius 1 is 1.06 bits per heavy atom. The maximum Gasteiger partial charge on any atom is 0.116 e. The Bertz CT molecular complexity index is 504. The molecule has 2 N–H and O–H groups in total. The van der Waals surface area contributed by atoms with Crippen LogP contribution in [0.15, 0.2) is 42.5 Å². The lowest BCUT2D eigenvalue weighted by atomic mass is 9.99. The van der Waals surface area contributed by atoms with Crippen LogP contribution in [0.5, 0.6) is 5.75 Å². The molecule has 0 aliphatic carbocycles. The van der Waals surface area contributed by atoms with Crippen LogP contribution in [0.25, 0.3) is 11.1 Å². The fourth-order valence-electron chi connectivity index (χ4n) is 1.76. The quantitative estimate of drug-likeness (QED) is 0.807. The van der Waals surface area contributed by atoms with Crippen LogP contribution in [0.2, 0.25) is 0 Å². The van der Waals surface area contributed by atoms with Gasteiger partial charge in [-0.05, 0) is 47.4 Å². The predicted molar refractivity (Wildman–Crippen MR) is 64.2 cm³/mol. The maximum absolute atomic E-state index is 9.48. The smallest absolute Gasteiger partial charge is 0.116 e. The topological polar surface area (TPSA) is 40.5 Å². The summed E-state index contributed by atoms with van der Waals surface area (Å²) in [5.74, 6) is 0.259. The molecule has 2 rings (SSSR count). The number of rotatable bonds is 2. The van der Waals surface area contributed by atoms with Gasteiger partial charge in [-0.1, -0.05) is 24.3 Å². The van der Waals surface area contributed by atoms with Gasteiger partial charge in [0.15, 0.2) is 0 Å². The zero-order valence-corrected chi connectivity index (χ0v) is 9.14. The number of aliphatic hydroxyl groups excluding tert-OH is 1. The van der Waals surface area contributed by atoms with E-state index in [0.29, 0.717) is 0 Å². The van der Waals surface area contributed by atoms with E-state index in [9.17, 15) is 5.11 Å². The zero-order chi connectivity index (χ0) is 11.5. The highest BCUT2D eigenvalue weighted by Gasteiger charge is 2.03. The Kier molecular flexibility index (Phi) is 2.93. The van der Waals surface area contributed by atoms with Crippen molar-refractivity contribution < 1.29 is 10.2 Å². The second kappa shape index (κ2) is 4.37. The molecule has 0 atom stereocenters. The van der Waals surface area contributed by atoms with Crippen molar-refractivity contribution in [2.24, 2.45) is 0 Å². The standard InChI is InChI=1S/C14H14O2/c1-10-5-6-13(16)8-14(10)12-4-2-3-11(7-12)9-15/h2-8,15-16H,9H2,1H3. The van der Waals surface area contributed by atoms with Gasteiger partial charge < -0.3 is 10.2 Å². The van der Waals surface area contributed by atoms with Crippen molar-refractivity contribution in [3.05, 3.63) is 53.6 Å². The second-order valence-corrected chi connectivity index (χ2v) is 3.86. The molecular formula is C14H14O2. The number of aliphatic hydroxyl groups is 1. The molecule has 0 spiro atoms. The Labute approximate surface area is 94.8 Å². The summed E-state index contributed by atoms with van der Waals surface area (Å²) in [5, 5.41) is 18.6. The van der Waals surface area contributed by atoms with Gasteiger partial charge in [-0.2, -0.15) is 0 Å². The molecule has 2 heteroatoms. The third-order valence-electron chi connectivity index (χ3n) is 2.64. The zero-order valence-electron chi connectivity index (χ0n) is 9.14. The first kappa shape index (κ1) is 10.7. The first-order chi connectivity index (χ1) is 7.70. The molecule has 0 fully saturated rings. The van der Waals surface area contributed by atoms with Gasteiger partial charge in [-0.25, -0.2) is 0 Å². The van der Waals surface area contributed by atoms with Crippen LogP contribution in [0.1, 0.15) is 11.1 Å². The summed E-state index contributed by atoms with van der Waals surface area (Å²) in [4.78, 5) is 0. The lowest BCUT2D eigenvalue weighted by Crippen LogP contribution is -1.86. The molecule has 0 heterocycles. The Hall–Kier alpha value is -1.80. The number of aromatic hydroxyl groups is 1. The molecule has 0 aliphatic rings. The van der Waals surface area contributed by atoms with Crippen molar-refractivity contribution in [3.63, 3.8) is 0 Å². The van der Waals surface area contributed by atoms with E-state index in [1.54, 1.807) is 12.1 Å². The minimum Gasteiger partial charge on any atom is -0.508 e. The summed E-state index contributed by atoms with van der Waals surface area (Å²) in [7, 11) is 0. The maximum atomic E-state index is 9.48. The molecule has 0 unspecified atom stereocenters. The van der Waals surface area contributed by atoms with Crippen LogP contribution in [-0.4, -0.2) is 10.2 Å². The molecular weight excluding hydrogens is 200 g/mol. The highest BCUT2D eigenvalue weighted by Crippen LogP contribution is 2.27. The van der Waals surface area contributed by atoms with Crippen LogP contribution in [-0.2, 0) is 6.61 Å². The minimum absolute atomic E-state index is 0.0334. The van der Waals surface area contributed by atoms with Crippen molar-refractivity contribution in [1.29, 1.82) is 0 Å². The van der Waals surface area contributed by atoms with Gasteiger partial charge in [0.05, 0.1) is 6.61 Å². The van der Waals surface area contributed by atoms with Crippen molar-refractivity contribution in [2.45, 2.75) is 13.5 Å². The molecule has 0 saturated carbocycles. The molecule has 16 heavy (non-hydrogen) atoms. The van der Waals surface area contributed by atoms with Crippen LogP contribution in [0, 0.1) is 6.92 Å². The van der Waals surface area contributed by atoms with Gasteiger partial charge in [0.1, 0.15) is 5.75 Å². The van der Waals surface area contributed by atoms with Crippen LogP contribution in [0.3, 0.4) is 0 Å². The summed E-state index contributed by atoms with van der Waals surface area (Å²) < 4.78 is 0. The first-order valence-corrected chi connectivity index (χ1v) is 5.20. The number of phenolic OH excluding ortho intramolecular Hbond substituents is 1. The molecule has 2 aromatic rings. The second-order valence-electron chi connectivity index (χ2n) is 3.86. The molecule has 2 nitrogen and oxygen atoms in total. The summed E-state index contributed by atoms with van der Waals surface area (Å²) in [6, 6.07) is 13.0. The summed E-state index contributed by atoms with van der Waals surface area (Å²) in [6.07, 6.45) is 0. The van der Waals surface area contributed by atoms with Gasteiger partial charge in [-0.15, -0.1) is 0 Å². The lowest BCUT2D eigenvalue weighted by molar-refractivity contribution is 0.282. The molecule has 0 saturated heterocycles. The van der Waals surface area contributed by atoms with Crippen LogP contribution >= 0.6 is 0 Å². The number of aryl methyl sites for hydroxylation is 1. The third-order valence-corrected chi connectivity index (χ3v) is 2.64. The van der Waals surface area contributed by atoms with E-state index in [0.717, 1.165) is 22.3 Å². The van der Waals surface area contributed by atoms with E-state index in [1.807, 2.05) is 37.3 Å². The van der Waals surface area contributed by atoms with Gasteiger partial charge in [0, 0.05) is 0 Å². The third kappa shape index (κ3) is 2.07. The van der Waals surface area contributed by atoms with Crippen LogP contribution < -0.4 is 0 Å². The molecule has 0 radical (unpaired) electrons. The van der Waals surface area contributed by atoms with Crippen molar-refractivity contribution >= 4 is 0 Å². The summed E-state index contributed by atoms with van der Waals surface area (Å²) in [6.45, 7) is 2.03. The normalized spacial score (nSPS) is 10.4. The predicted octanol–water partition coefficient (Wildman–Crippen LogP) is 2.86. The fourth-order valence-corrected chi connectivity index (χ4v) is 1.76. The average molecular weight is 214 g/mol. The van der Waals surface area contributed by atoms with E-state index in [2.05, 4.69) is 0 Å². The van der Waals surface area contributed by atoms with Gasteiger partial charge in [0.25, 0.3) is 0 Å². The molecule has 2 aromatic carbocycles. The molecule has 0 bridgehead atoms. The fraction of sp³-hybridized carbons (Fsp3) is 0.143. The highest BCUT2D eigenvalue weighted by atomic mass is 16.3. The minimum atomic E-state index is 0.0334. The molecule has 0 amide bonds. The molecule has 0 aromatic heterocycles. The van der Waals surface area contributed by atoms with E-state index in [1.165, 1.54) is 0 Å². The average Bonchev–Trinajstić information content (AvgIpc) is 2.32. The lowest BCUT2D eigenvalue weighted by Gasteiger charge is -2.08. The monoisotopic (exact) mass is 214 g/mol. The van der Waals surface area contributed by atoms with Crippen molar-refractivity contribution in [3.8, 4) is 16.9 Å². The Morgan fingerprint density at radius 3 is 2.62 bits per heavy atom. The molecule has 82 valence electrons. The summed E-state index contributed by atoms with van der Waals surface area (Å²) in [5.41, 5.74) is 3.99. The van der Waals surface area contributed by atoms with Gasteiger partial charge in [0.2, 0.25) is 0 Å². The Balaban J connectivity index is 2.53. The van der Waals surface area contributed by atoms with E-state index >= 15 is 0 Å². The van der Waals surface area contributed by atoms with Crippen LogP contribution in [0.4, 0.5) is 0 Å². The van der Waals surface area contributed by atoms with Gasteiger partial charge >= 0.3 is 0 Å². The number of hydrogen-bond donors (Lipinski definition) is 2. The molecule has 0 aliphatic heterocycles. The number of phenols is 1. The van der Waals surface area contributed by atoms with E-state index in [4.69, 9.17) is 5.11 Å². The van der Waals surface area contributed by atoms with E-state index in [-0.39, 0.29) is 12.4 Å². The van der Waals surface area contributed by atoms with E-state index < -0.39 is 0 Å².